The molecule has 2 rings (SSSR count). The van der Waals surface area contributed by atoms with Crippen molar-refractivity contribution < 1.29 is 13.2 Å². The Morgan fingerprint density at radius 1 is 1.35 bits per heavy atom. The highest BCUT2D eigenvalue weighted by Gasteiger charge is 2.24. The molecule has 1 aromatic rings. The van der Waals surface area contributed by atoms with Crippen LogP contribution in [-0.2, 0) is 10.0 Å². The van der Waals surface area contributed by atoms with Crippen LogP contribution in [0.15, 0.2) is 29.2 Å². The van der Waals surface area contributed by atoms with Gasteiger partial charge < -0.3 is 10.2 Å². The maximum Gasteiger partial charge on any atom is 0.254 e. The van der Waals surface area contributed by atoms with E-state index in [0.717, 1.165) is 13.1 Å². The Labute approximate surface area is 119 Å². The lowest BCUT2D eigenvalue weighted by atomic mass is 10.1. The van der Waals surface area contributed by atoms with Crippen LogP contribution in [0.1, 0.15) is 17.3 Å². The van der Waals surface area contributed by atoms with Gasteiger partial charge in [0.1, 0.15) is 0 Å². The zero-order chi connectivity index (χ0) is 14.8. The van der Waals surface area contributed by atoms with Crippen molar-refractivity contribution in [2.45, 2.75) is 17.9 Å². The van der Waals surface area contributed by atoms with Crippen LogP contribution in [0.3, 0.4) is 0 Å². The van der Waals surface area contributed by atoms with Gasteiger partial charge in [0, 0.05) is 31.2 Å². The van der Waals surface area contributed by atoms with E-state index in [1.807, 2.05) is 6.92 Å². The van der Waals surface area contributed by atoms with E-state index < -0.39 is 10.0 Å². The zero-order valence-corrected chi connectivity index (χ0v) is 12.4. The van der Waals surface area contributed by atoms with Crippen molar-refractivity contribution in [2.24, 2.45) is 0 Å². The van der Waals surface area contributed by atoms with E-state index in [1.165, 1.54) is 19.2 Å². The maximum absolute atomic E-state index is 12.4. The quantitative estimate of drug-likeness (QED) is 0.825. The zero-order valence-electron chi connectivity index (χ0n) is 11.6. The summed E-state index contributed by atoms with van der Waals surface area (Å²) in [5, 5.41) is 3.23. The van der Waals surface area contributed by atoms with Crippen molar-refractivity contribution in [1.82, 2.24) is 14.9 Å². The molecule has 2 N–H and O–H groups in total. The summed E-state index contributed by atoms with van der Waals surface area (Å²) in [5.41, 5.74) is 0.508. The maximum atomic E-state index is 12.4. The molecule has 1 fully saturated rings. The van der Waals surface area contributed by atoms with Crippen LogP contribution in [0.4, 0.5) is 0 Å². The van der Waals surface area contributed by atoms with Gasteiger partial charge in [-0.25, -0.2) is 13.1 Å². The molecular formula is C13H19N3O3S. The predicted octanol–water partition coefficient (Wildman–Crippen LogP) is 0.0286. The largest absolute Gasteiger partial charge is 0.333 e. The molecule has 110 valence electrons. The van der Waals surface area contributed by atoms with Crippen molar-refractivity contribution in [1.29, 1.82) is 0 Å². The number of benzene rings is 1. The van der Waals surface area contributed by atoms with Gasteiger partial charge in [0.2, 0.25) is 10.0 Å². The van der Waals surface area contributed by atoms with Gasteiger partial charge in [-0.05, 0) is 38.2 Å². The number of carbonyl (C=O) groups is 1. The molecule has 20 heavy (non-hydrogen) atoms. The van der Waals surface area contributed by atoms with Gasteiger partial charge in [-0.3, -0.25) is 4.79 Å². The summed E-state index contributed by atoms with van der Waals surface area (Å²) in [6.45, 7) is 4.21. The van der Waals surface area contributed by atoms with Gasteiger partial charge in [-0.15, -0.1) is 0 Å². The molecule has 0 saturated carbocycles. The van der Waals surface area contributed by atoms with Crippen molar-refractivity contribution >= 4 is 15.9 Å². The van der Waals surface area contributed by atoms with Crippen LogP contribution in [0, 0.1) is 0 Å². The summed E-state index contributed by atoms with van der Waals surface area (Å²) < 4.78 is 25.5. The van der Waals surface area contributed by atoms with Crippen LogP contribution in [0.25, 0.3) is 0 Å². The Kier molecular flexibility index (Phi) is 4.42. The smallest absolute Gasteiger partial charge is 0.254 e. The van der Waals surface area contributed by atoms with Gasteiger partial charge in [0.05, 0.1) is 4.90 Å². The molecule has 0 bridgehead atoms. The Morgan fingerprint density at radius 2 is 2.00 bits per heavy atom. The summed E-state index contributed by atoms with van der Waals surface area (Å²) >= 11 is 0. The number of amides is 1. The highest BCUT2D eigenvalue weighted by molar-refractivity contribution is 7.89. The molecule has 0 aromatic heterocycles. The van der Waals surface area contributed by atoms with E-state index in [4.69, 9.17) is 0 Å². The standard InChI is InChI=1S/C13H19N3O3S/c1-10-9-15-7-8-16(10)13(17)11-3-5-12(6-4-11)20(18,19)14-2/h3-6,10,14-15H,7-9H2,1-2H3/t10-/m0/s1. The second-order valence-corrected chi connectivity index (χ2v) is 6.67. The Bertz CT molecular complexity index is 583. The lowest BCUT2D eigenvalue weighted by Crippen LogP contribution is -2.52. The average molecular weight is 297 g/mol. The fraction of sp³-hybridized carbons (Fsp3) is 0.462. The van der Waals surface area contributed by atoms with E-state index in [9.17, 15) is 13.2 Å². The monoisotopic (exact) mass is 297 g/mol. The van der Waals surface area contributed by atoms with Crippen LogP contribution < -0.4 is 10.0 Å². The highest BCUT2D eigenvalue weighted by atomic mass is 32.2. The van der Waals surface area contributed by atoms with Crippen LogP contribution in [0.2, 0.25) is 0 Å². The molecular weight excluding hydrogens is 278 g/mol. The SMILES string of the molecule is CNS(=O)(=O)c1ccc(C(=O)N2CCNC[C@@H]2C)cc1. The van der Waals surface area contributed by atoms with Crippen LogP contribution in [-0.4, -0.2) is 51.9 Å². The summed E-state index contributed by atoms with van der Waals surface area (Å²) in [6, 6.07) is 6.15. The second-order valence-electron chi connectivity index (χ2n) is 4.78. The molecule has 6 nitrogen and oxygen atoms in total. The second kappa shape index (κ2) is 5.90. The van der Waals surface area contributed by atoms with E-state index in [0.29, 0.717) is 12.1 Å². The van der Waals surface area contributed by atoms with Gasteiger partial charge in [0.25, 0.3) is 5.91 Å². The van der Waals surface area contributed by atoms with Gasteiger partial charge in [-0.2, -0.15) is 0 Å². The third-order valence-corrected chi connectivity index (χ3v) is 4.87. The number of piperazine rings is 1. The Balaban J connectivity index is 2.19. The van der Waals surface area contributed by atoms with E-state index in [-0.39, 0.29) is 16.8 Å². The summed E-state index contributed by atoms with van der Waals surface area (Å²) in [6.07, 6.45) is 0. The highest BCUT2D eigenvalue weighted by Crippen LogP contribution is 2.14. The number of carbonyl (C=O) groups excluding carboxylic acids is 1. The number of hydrogen-bond acceptors (Lipinski definition) is 4. The van der Waals surface area contributed by atoms with Crippen LogP contribution >= 0.6 is 0 Å². The number of nitrogens with zero attached hydrogens (tertiary/aromatic N) is 1. The first kappa shape index (κ1) is 15.0. The molecule has 0 unspecified atom stereocenters. The Morgan fingerprint density at radius 3 is 2.55 bits per heavy atom. The molecule has 0 aliphatic carbocycles. The minimum Gasteiger partial charge on any atom is -0.333 e. The fourth-order valence-electron chi connectivity index (χ4n) is 2.20. The van der Waals surface area contributed by atoms with E-state index in [1.54, 1.807) is 17.0 Å². The third kappa shape index (κ3) is 3.00. The summed E-state index contributed by atoms with van der Waals surface area (Å²) in [5.74, 6) is -0.0626. The molecule has 1 aromatic carbocycles. The first-order valence-corrected chi connectivity index (χ1v) is 7.99. The van der Waals surface area contributed by atoms with E-state index >= 15 is 0 Å². The van der Waals surface area contributed by atoms with Crippen molar-refractivity contribution in [3.05, 3.63) is 29.8 Å². The minimum atomic E-state index is -3.46. The first-order chi connectivity index (χ1) is 9.45. The molecule has 0 radical (unpaired) electrons. The van der Waals surface area contributed by atoms with Gasteiger partial charge in [0.15, 0.2) is 0 Å². The summed E-state index contributed by atoms with van der Waals surface area (Å²) in [4.78, 5) is 14.3. The van der Waals surface area contributed by atoms with Crippen LogP contribution in [0.5, 0.6) is 0 Å². The predicted molar refractivity (Wildman–Crippen MR) is 76.1 cm³/mol. The molecule has 1 saturated heterocycles. The molecule has 1 amide bonds. The van der Waals surface area contributed by atoms with Gasteiger partial charge >= 0.3 is 0 Å². The summed E-state index contributed by atoms with van der Waals surface area (Å²) in [7, 11) is -2.10. The van der Waals surface area contributed by atoms with Crippen molar-refractivity contribution in [3.8, 4) is 0 Å². The molecule has 1 heterocycles. The van der Waals surface area contributed by atoms with Gasteiger partial charge in [-0.1, -0.05) is 0 Å². The topological polar surface area (TPSA) is 78.5 Å². The Hall–Kier alpha value is -1.44. The minimum absolute atomic E-state index is 0.0626. The molecule has 1 aliphatic rings. The normalized spacial score (nSPS) is 19.9. The number of nitrogens with one attached hydrogen (secondary N) is 2. The lowest BCUT2D eigenvalue weighted by Gasteiger charge is -2.34. The molecule has 7 heteroatoms. The number of sulfonamides is 1. The molecule has 1 aliphatic heterocycles. The average Bonchev–Trinajstić information content (AvgIpc) is 2.47. The number of hydrogen-bond donors (Lipinski definition) is 2. The fourth-order valence-corrected chi connectivity index (χ4v) is 2.93. The molecule has 1 atom stereocenters. The number of rotatable bonds is 3. The lowest BCUT2D eigenvalue weighted by molar-refractivity contribution is 0.0655. The van der Waals surface area contributed by atoms with Crippen molar-refractivity contribution in [2.75, 3.05) is 26.7 Å². The molecule has 0 spiro atoms. The van der Waals surface area contributed by atoms with Crippen molar-refractivity contribution in [3.63, 3.8) is 0 Å². The third-order valence-electron chi connectivity index (χ3n) is 3.44. The first-order valence-electron chi connectivity index (χ1n) is 6.51. The van der Waals surface area contributed by atoms with E-state index in [2.05, 4.69) is 10.0 Å².